The van der Waals surface area contributed by atoms with Crippen molar-refractivity contribution >= 4 is 23.1 Å². The lowest BCUT2D eigenvalue weighted by molar-refractivity contribution is 0.628. The minimum Gasteiger partial charge on any atom is -0.328 e. The van der Waals surface area contributed by atoms with Crippen LogP contribution in [0.3, 0.4) is 0 Å². The van der Waals surface area contributed by atoms with Gasteiger partial charge in [0.25, 0.3) is 0 Å². The summed E-state index contributed by atoms with van der Waals surface area (Å²) in [6.45, 7) is 0. The van der Waals surface area contributed by atoms with Crippen LogP contribution in [0.15, 0.2) is 30.5 Å². The molecule has 1 aromatic carbocycles. The Labute approximate surface area is 98.1 Å². The summed E-state index contributed by atoms with van der Waals surface area (Å²) < 4.78 is 15.0. The van der Waals surface area contributed by atoms with E-state index in [1.165, 1.54) is 12.1 Å². The monoisotopic (exact) mass is 239 g/mol. The standard InChI is InChI=1S/C11H11ClFN3/c1-15-6-5-11(14-15)16(2)8-3-4-9(12)10(13)7-8/h3-7H,1-2H3. The zero-order chi connectivity index (χ0) is 11.7. The molecule has 2 rings (SSSR count). The van der Waals surface area contributed by atoms with Crippen molar-refractivity contribution in [2.45, 2.75) is 0 Å². The number of anilines is 2. The van der Waals surface area contributed by atoms with E-state index in [1.54, 1.807) is 15.6 Å². The molecular weight excluding hydrogens is 229 g/mol. The second kappa shape index (κ2) is 4.14. The van der Waals surface area contributed by atoms with Gasteiger partial charge in [-0.25, -0.2) is 4.39 Å². The topological polar surface area (TPSA) is 21.1 Å². The molecule has 3 nitrogen and oxygen atoms in total. The zero-order valence-electron chi connectivity index (χ0n) is 8.98. The molecule has 0 fully saturated rings. The van der Waals surface area contributed by atoms with Crippen molar-refractivity contribution in [3.05, 3.63) is 41.3 Å². The highest BCUT2D eigenvalue weighted by molar-refractivity contribution is 6.30. The summed E-state index contributed by atoms with van der Waals surface area (Å²) >= 11 is 5.62. The molecule has 16 heavy (non-hydrogen) atoms. The maximum Gasteiger partial charge on any atom is 0.154 e. The average Bonchev–Trinajstić information content (AvgIpc) is 2.68. The van der Waals surface area contributed by atoms with Crippen LogP contribution in [0.5, 0.6) is 0 Å². The first-order valence-corrected chi connectivity index (χ1v) is 5.14. The van der Waals surface area contributed by atoms with E-state index in [0.717, 1.165) is 5.82 Å². The Morgan fingerprint density at radius 1 is 1.38 bits per heavy atom. The molecule has 0 aliphatic rings. The molecule has 0 atom stereocenters. The quantitative estimate of drug-likeness (QED) is 0.803. The maximum atomic E-state index is 13.3. The second-order valence-electron chi connectivity index (χ2n) is 3.51. The van der Waals surface area contributed by atoms with Crippen molar-refractivity contribution in [1.82, 2.24) is 9.78 Å². The summed E-state index contributed by atoms with van der Waals surface area (Å²) in [6.07, 6.45) is 1.83. The first-order valence-electron chi connectivity index (χ1n) is 4.76. The summed E-state index contributed by atoms with van der Waals surface area (Å²) in [5.41, 5.74) is 0.709. The molecule has 2 aromatic rings. The van der Waals surface area contributed by atoms with Gasteiger partial charge >= 0.3 is 0 Å². The van der Waals surface area contributed by atoms with Crippen LogP contribution >= 0.6 is 11.6 Å². The van der Waals surface area contributed by atoms with Crippen LogP contribution in [0, 0.1) is 5.82 Å². The van der Waals surface area contributed by atoms with Crippen LogP contribution in [0.1, 0.15) is 0 Å². The largest absolute Gasteiger partial charge is 0.328 e. The van der Waals surface area contributed by atoms with E-state index in [2.05, 4.69) is 5.10 Å². The van der Waals surface area contributed by atoms with Gasteiger partial charge in [-0.1, -0.05) is 11.6 Å². The molecule has 0 amide bonds. The first-order chi connectivity index (χ1) is 7.58. The van der Waals surface area contributed by atoms with E-state index >= 15 is 0 Å². The van der Waals surface area contributed by atoms with Gasteiger partial charge in [-0.2, -0.15) is 5.10 Å². The van der Waals surface area contributed by atoms with Crippen LogP contribution in [0.4, 0.5) is 15.9 Å². The third-order valence-corrected chi connectivity index (χ3v) is 2.64. The minimum atomic E-state index is -0.429. The number of benzene rings is 1. The Hall–Kier alpha value is -1.55. The molecular formula is C11H11ClFN3. The summed E-state index contributed by atoms with van der Waals surface area (Å²) in [6, 6.07) is 6.52. The predicted octanol–water partition coefficient (Wildman–Crippen LogP) is 2.98. The van der Waals surface area contributed by atoms with Crippen LogP contribution in [0.25, 0.3) is 0 Å². The van der Waals surface area contributed by atoms with Gasteiger partial charge in [0, 0.05) is 32.0 Å². The molecule has 0 saturated carbocycles. The minimum absolute atomic E-state index is 0.123. The Bertz CT molecular complexity index is 510. The van der Waals surface area contributed by atoms with Gasteiger partial charge in [0.1, 0.15) is 5.82 Å². The summed E-state index contributed by atoms with van der Waals surface area (Å²) in [4.78, 5) is 1.79. The van der Waals surface area contributed by atoms with Crippen molar-refractivity contribution in [3.63, 3.8) is 0 Å². The van der Waals surface area contributed by atoms with Gasteiger partial charge in [-0.3, -0.25) is 4.68 Å². The molecule has 0 bridgehead atoms. The van der Waals surface area contributed by atoms with Gasteiger partial charge in [0.2, 0.25) is 0 Å². The summed E-state index contributed by atoms with van der Waals surface area (Å²) in [5, 5.41) is 4.35. The molecule has 1 heterocycles. The molecule has 5 heteroatoms. The van der Waals surface area contributed by atoms with Crippen LogP contribution in [0.2, 0.25) is 5.02 Å². The average molecular weight is 240 g/mol. The number of hydrogen-bond donors (Lipinski definition) is 0. The first kappa shape index (κ1) is 11.0. The number of halogens is 2. The molecule has 0 unspecified atom stereocenters. The Kier molecular flexibility index (Phi) is 2.83. The van der Waals surface area contributed by atoms with Crippen molar-refractivity contribution in [1.29, 1.82) is 0 Å². The van der Waals surface area contributed by atoms with E-state index < -0.39 is 5.82 Å². The third kappa shape index (κ3) is 2.02. The fourth-order valence-electron chi connectivity index (χ4n) is 1.41. The highest BCUT2D eigenvalue weighted by atomic mass is 35.5. The van der Waals surface area contributed by atoms with E-state index in [4.69, 9.17) is 11.6 Å². The molecule has 0 saturated heterocycles. The number of rotatable bonds is 2. The maximum absolute atomic E-state index is 13.3. The fourth-order valence-corrected chi connectivity index (χ4v) is 1.53. The predicted molar refractivity (Wildman–Crippen MR) is 62.7 cm³/mol. The van der Waals surface area contributed by atoms with Gasteiger partial charge in [-0.15, -0.1) is 0 Å². The molecule has 0 radical (unpaired) electrons. The highest BCUT2D eigenvalue weighted by Crippen LogP contribution is 2.25. The molecule has 0 aliphatic heterocycles. The highest BCUT2D eigenvalue weighted by Gasteiger charge is 2.08. The van der Waals surface area contributed by atoms with Crippen molar-refractivity contribution < 1.29 is 4.39 Å². The summed E-state index contributed by atoms with van der Waals surface area (Å²) in [5.74, 6) is 0.325. The van der Waals surface area contributed by atoms with Crippen molar-refractivity contribution in [2.24, 2.45) is 7.05 Å². The normalized spacial score (nSPS) is 10.5. The lowest BCUT2D eigenvalue weighted by Crippen LogP contribution is -2.10. The molecule has 0 aliphatic carbocycles. The van der Waals surface area contributed by atoms with Gasteiger partial charge in [0.15, 0.2) is 5.82 Å². The van der Waals surface area contributed by atoms with E-state index in [0.29, 0.717) is 5.69 Å². The zero-order valence-corrected chi connectivity index (χ0v) is 9.74. The SMILES string of the molecule is CN(c1ccc(Cl)c(F)c1)c1ccn(C)n1. The van der Waals surface area contributed by atoms with Crippen LogP contribution < -0.4 is 4.90 Å². The van der Waals surface area contributed by atoms with Crippen molar-refractivity contribution in [3.8, 4) is 0 Å². The van der Waals surface area contributed by atoms with Crippen molar-refractivity contribution in [2.75, 3.05) is 11.9 Å². The second-order valence-corrected chi connectivity index (χ2v) is 3.91. The molecule has 0 N–H and O–H groups in total. The van der Waals surface area contributed by atoms with Crippen LogP contribution in [-0.2, 0) is 7.05 Å². The molecule has 0 spiro atoms. The Balaban J connectivity index is 2.33. The van der Waals surface area contributed by atoms with Gasteiger partial charge in [-0.05, 0) is 18.2 Å². The molecule has 1 aromatic heterocycles. The fraction of sp³-hybridized carbons (Fsp3) is 0.182. The number of hydrogen-bond acceptors (Lipinski definition) is 2. The van der Waals surface area contributed by atoms with E-state index in [1.807, 2.05) is 26.4 Å². The smallest absolute Gasteiger partial charge is 0.154 e. The number of nitrogens with zero attached hydrogens (tertiary/aromatic N) is 3. The van der Waals surface area contributed by atoms with Gasteiger partial charge < -0.3 is 4.90 Å². The number of aryl methyl sites for hydroxylation is 1. The summed E-state index contributed by atoms with van der Waals surface area (Å²) in [7, 11) is 3.66. The lowest BCUT2D eigenvalue weighted by atomic mass is 10.3. The van der Waals surface area contributed by atoms with E-state index in [-0.39, 0.29) is 5.02 Å². The van der Waals surface area contributed by atoms with E-state index in [9.17, 15) is 4.39 Å². The Morgan fingerprint density at radius 2 is 2.12 bits per heavy atom. The van der Waals surface area contributed by atoms with Gasteiger partial charge in [0.05, 0.1) is 5.02 Å². The molecule has 84 valence electrons. The number of aromatic nitrogens is 2. The Morgan fingerprint density at radius 3 is 2.69 bits per heavy atom. The third-order valence-electron chi connectivity index (χ3n) is 2.33. The lowest BCUT2D eigenvalue weighted by Gasteiger charge is -2.16. The van der Waals surface area contributed by atoms with Crippen LogP contribution in [-0.4, -0.2) is 16.8 Å².